The van der Waals surface area contributed by atoms with E-state index in [0.717, 1.165) is 19.3 Å². The molecular weight excluding hydrogens is 407 g/mol. The maximum atomic E-state index is 13.3. The van der Waals surface area contributed by atoms with Crippen molar-refractivity contribution in [2.24, 2.45) is 0 Å². The molecule has 1 fully saturated rings. The molecule has 7 nitrogen and oxygen atoms in total. The number of sulfonamides is 1. The lowest BCUT2D eigenvalue weighted by atomic mass is 10.2. The number of amides is 1. The Balaban J connectivity index is 1.35. The topological polar surface area (TPSA) is 95.2 Å². The van der Waals surface area contributed by atoms with Gasteiger partial charge < -0.3 is 10.3 Å². The molecule has 30 heavy (non-hydrogen) atoms. The number of fused-ring (bicyclic) bond motifs is 1. The number of nitrogens with one attached hydrogen (secondary N) is 2. The summed E-state index contributed by atoms with van der Waals surface area (Å²) in [5.74, 6) is 0.0229. The van der Waals surface area contributed by atoms with Gasteiger partial charge in [0.05, 0.1) is 15.9 Å². The van der Waals surface area contributed by atoms with Gasteiger partial charge >= 0.3 is 0 Å². The third kappa shape index (κ3) is 4.36. The van der Waals surface area contributed by atoms with Gasteiger partial charge in [0.15, 0.2) is 0 Å². The normalized spacial score (nSPS) is 15.4. The lowest BCUT2D eigenvalue weighted by Crippen LogP contribution is -2.35. The van der Waals surface area contributed by atoms with E-state index >= 15 is 0 Å². The largest absolute Gasteiger partial charge is 0.352 e. The molecule has 9 heteroatoms. The zero-order chi connectivity index (χ0) is 21.1. The molecule has 0 unspecified atom stereocenters. The Morgan fingerprint density at radius 2 is 1.83 bits per heavy atom. The summed E-state index contributed by atoms with van der Waals surface area (Å²) in [6.45, 7) is 1.42. The summed E-state index contributed by atoms with van der Waals surface area (Å²) in [5.41, 5.74) is 1.67. The second-order valence-electron chi connectivity index (χ2n) is 7.34. The zero-order valence-electron chi connectivity index (χ0n) is 16.4. The smallest absolute Gasteiger partial charge is 0.251 e. The van der Waals surface area contributed by atoms with Crippen molar-refractivity contribution >= 4 is 27.0 Å². The first kappa shape index (κ1) is 20.5. The van der Waals surface area contributed by atoms with Gasteiger partial charge in [-0.3, -0.25) is 4.79 Å². The van der Waals surface area contributed by atoms with Crippen LogP contribution in [0.25, 0.3) is 11.0 Å². The molecule has 0 radical (unpaired) electrons. The van der Waals surface area contributed by atoms with Crippen molar-refractivity contribution < 1.29 is 17.6 Å². The number of carbonyl (C=O) groups is 1. The fourth-order valence-electron chi connectivity index (χ4n) is 3.58. The number of H-pyrrole nitrogens is 1. The number of aromatic amines is 1. The SMILES string of the molecule is O=C(NCCc1nc2ccc(F)cc2[nH]1)c1ccc(S(=O)(=O)N2CCCCC2)cc1. The van der Waals surface area contributed by atoms with Gasteiger partial charge in [0.2, 0.25) is 10.0 Å². The molecular formula is C21H23FN4O3S. The monoisotopic (exact) mass is 430 g/mol. The van der Waals surface area contributed by atoms with Crippen LogP contribution in [0.3, 0.4) is 0 Å². The van der Waals surface area contributed by atoms with E-state index in [9.17, 15) is 17.6 Å². The standard InChI is InChI=1S/C21H23FN4O3S/c22-16-6-9-18-19(14-16)25-20(24-18)10-11-23-21(27)15-4-7-17(8-5-15)30(28,29)26-12-2-1-3-13-26/h4-9,14H,1-3,10-13H2,(H,23,27)(H,24,25). The van der Waals surface area contributed by atoms with Crippen molar-refractivity contribution in [1.82, 2.24) is 19.6 Å². The molecule has 0 spiro atoms. The number of piperidine rings is 1. The minimum Gasteiger partial charge on any atom is -0.352 e. The minimum atomic E-state index is -3.51. The predicted octanol–water partition coefficient (Wildman–Crippen LogP) is 2.85. The molecule has 0 aliphatic carbocycles. The van der Waals surface area contributed by atoms with Crippen molar-refractivity contribution in [2.45, 2.75) is 30.6 Å². The van der Waals surface area contributed by atoms with Crippen LogP contribution in [0.4, 0.5) is 4.39 Å². The first-order chi connectivity index (χ1) is 14.4. The molecule has 1 saturated heterocycles. The minimum absolute atomic E-state index is 0.204. The summed E-state index contributed by atoms with van der Waals surface area (Å²) in [5, 5.41) is 2.79. The van der Waals surface area contributed by atoms with Crippen LogP contribution in [-0.4, -0.2) is 48.2 Å². The number of nitrogens with zero attached hydrogens (tertiary/aromatic N) is 2. The highest BCUT2D eigenvalue weighted by atomic mass is 32.2. The molecule has 0 atom stereocenters. The molecule has 4 rings (SSSR count). The Morgan fingerprint density at radius 1 is 1.10 bits per heavy atom. The van der Waals surface area contributed by atoms with Gasteiger partial charge in [-0.25, -0.2) is 17.8 Å². The lowest BCUT2D eigenvalue weighted by molar-refractivity contribution is 0.0954. The molecule has 2 N–H and O–H groups in total. The number of aromatic nitrogens is 2. The van der Waals surface area contributed by atoms with Gasteiger partial charge in [0, 0.05) is 31.6 Å². The van der Waals surface area contributed by atoms with Crippen molar-refractivity contribution in [3.05, 3.63) is 59.7 Å². The van der Waals surface area contributed by atoms with E-state index in [2.05, 4.69) is 15.3 Å². The van der Waals surface area contributed by atoms with Gasteiger partial charge in [0.25, 0.3) is 5.91 Å². The van der Waals surface area contributed by atoms with Crippen LogP contribution in [0, 0.1) is 5.82 Å². The van der Waals surface area contributed by atoms with Gasteiger partial charge in [-0.2, -0.15) is 4.31 Å². The van der Waals surface area contributed by atoms with Crippen molar-refractivity contribution in [3.8, 4) is 0 Å². The Morgan fingerprint density at radius 3 is 2.57 bits per heavy atom. The summed E-state index contributed by atoms with van der Waals surface area (Å²) in [4.78, 5) is 20.0. The molecule has 1 aliphatic rings. The maximum Gasteiger partial charge on any atom is 0.251 e. The Labute approximate surface area is 174 Å². The number of rotatable bonds is 6. The summed E-state index contributed by atoms with van der Waals surface area (Å²) in [7, 11) is -3.51. The van der Waals surface area contributed by atoms with Crippen LogP contribution in [0.2, 0.25) is 0 Å². The van der Waals surface area contributed by atoms with E-state index in [0.29, 0.717) is 48.5 Å². The number of halogens is 1. The van der Waals surface area contributed by atoms with E-state index in [-0.39, 0.29) is 16.6 Å². The Bertz CT molecular complexity index is 1150. The van der Waals surface area contributed by atoms with Crippen molar-refractivity contribution in [2.75, 3.05) is 19.6 Å². The van der Waals surface area contributed by atoms with Crippen LogP contribution >= 0.6 is 0 Å². The highest BCUT2D eigenvalue weighted by molar-refractivity contribution is 7.89. The molecule has 1 amide bonds. The fourth-order valence-corrected chi connectivity index (χ4v) is 5.10. The van der Waals surface area contributed by atoms with Crippen LogP contribution in [0.15, 0.2) is 47.4 Å². The van der Waals surface area contributed by atoms with E-state index in [1.807, 2.05) is 0 Å². The number of imidazole rings is 1. The van der Waals surface area contributed by atoms with E-state index < -0.39 is 10.0 Å². The molecule has 158 valence electrons. The molecule has 1 aromatic heterocycles. The summed E-state index contributed by atoms with van der Waals surface area (Å²) in [6, 6.07) is 10.3. The average Bonchev–Trinajstić information content (AvgIpc) is 3.16. The van der Waals surface area contributed by atoms with E-state index in [4.69, 9.17) is 0 Å². The third-order valence-corrected chi connectivity index (χ3v) is 7.12. The van der Waals surface area contributed by atoms with Crippen molar-refractivity contribution in [3.63, 3.8) is 0 Å². The second-order valence-corrected chi connectivity index (χ2v) is 9.28. The quantitative estimate of drug-likeness (QED) is 0.629. The van der Waals surface area contributed by atoms with E-state index in [1.54, 1.807) is 6.07 Å². The molecule has 0 saturated carbocycles. The highest BCUT2D eigenvalue weighted by Gasteiger charge is 2.25. The number of benzene rings is 2. The van der Waals surface area contributed by atoms with Crippen LogP contribution in [0.1, 0.15) is 35.4 Å². The predicted molar refractivity (Wildman–Crippen MR) is 111 cm³/mol. The Kier molecular flexibility index (Phi) is 5.83. The first-order valence-corrected chi connectivity index (χ1v) is 11.4. The van der Waals surface area contributed by atoms with Crippen LogP contribution in [0.5, 0.6) is 0 Å². The molecule has 0 bridgehead atoms. The zero-order valence-corrected chi connectivity index (χ0v) is 17.2. The average molecular weight is 431 g/mol. The lowest BCUT2D eigenvalue weighted by Gasteiger charge is -2.25. The van der Waals surface area contributed by atoms with Gasteiger partial charge in [-0.05, 0) is 55.3 Å². The van der Waals surface area contributed by atoms with Gasteiger partial charge in [0.1, 0.15) is 11.6 Å². The summed E-state index contributed by atoms with van der Waals surface area (Å²) < 4.78 is 40.1. The second kappa shape index (κ2) is 8.53. The van der Waals surface area contributed by atoms with Crippen LogP contribution < -0.4 is 5.32 Å². The first-order valence-electron chi connectivity index (χ1n) is 9.96. The molecule has 3 aromatic rings. The Hall–Kier alpha value is -2.78. The maximum absolute atomic E-state index is 13.3. The number of hydrogen-bond acceptors (Lipinski definition) is 4. The van der Waals surface area contributed by atoms with Crippen LogP contribution in [-0.2, 0) is 16.4 Å². The molecule has 1 aliphatic heterocycles. The van der Waals surface area contributed by atoms with Gasteiger partial charge in [-0.1, -0.05) is 6.42 Å². The number of hydrogen-bond donors (Lipinski definition) is 2. The van der Waals surface area contributed by atoms with Gasteiger partial charge in [-0.15, -0.1) is 0 Å². The number of carbonyl (C=O) groups excluding carboxylic acids is 1. The third-order valence-electron chi connectivity index (χ3n) is 5.21. The fraction of sp³-hybridized carbons (Fsp3) is 0.333. The summed E-state index contributed by atoms with van der Waals surface area (Å²) >= 11 is 0. The molecule has 2 aromatic carbocycles. The van der Waals surface area contributed by atoms with Crippen molar-refractivity contribution in [1.29, 1.82) is 0 Å². The summed E-state index contributed by atoms with van der Waals surface area (Å²) in [6.07, 6.45) is 3.26. The molecule has 2 heterocycles. The highest BCUT2D eigenvalue weighted by Crippen LogP contribution is 2.21. The van der Waals surface area contributed by atoms with E-state index in [1.165, 1.54) is 40.7 Å².